The van der Waals surface area contributed by atoms with E-state index in [4.69, 9.17) is 5.11 Å². The summed E-state index contributed by atoms with van der Waals surface area (Å²) < 4.78 is 0. The summed E-state index contributed by atoms with van der Waals surface area (Å²) in [5.74, 6) is 0.492. The molecular weight excluding hydrogens is 186 g/mol. The Hall–Kier alpha value is -0.860. The monoisotopic (exact) mass is 207 g/mol. The Morgan fingerprint density at radius 1 is 1.27 bits per heavy atom. The van der Waals surface area contributed by atoms with Crippen LogP contribution in [-0.4, -0.2) is 24.3 Å². The van der Waals surface area contributed by atoms with Crippen LogP contribution in [0.25, 0.3) is 0 Å². The van der Waals surface area contributed by atoms with Crippen molar-refractivity contribution in [2.24, 2.45) is 0 Å². The third kappa shape index (κ3) is 4.02. The second kappa shape index (κ2) is 6.59. The molecule has 0 saturated heterocycles. The maximum Gasteiger partial charge on any atom is 0.0584 e. The first kappa shape index (κ1) is 12.2. The fourth-order valence-electron chi connectivity index (χ4n) is 1.58. The molecule has 0 fully saturated rings. The average molecular weight is 207 g/mol. The van der Waals surface area contributed by atoms with E-state index in [0.717, 1.165) is 13.0 Å². The van der Waals surface area contributed by atoms with Crippen molar-refractivity contribution >= 4 is 0 Å². The van der Waals surface area contributed by atoms with Gasteiger partial charge in [-0.05, 0) is 17.9 Å². The second-order valence-electron chi connectivity index (χ2n) is 4.01. The van der Waals surface area contributed by atoms with Gasteiger partial charge in [0.25, 0.3) is 0 Å². The molecule has 0 radical (unpaired) electrons. The van der Waals surface area contributed by atoms with Gasteiger partial charge >= 0.3 is 0 Å². The van der Waals surface area contributed by atoms with Gasteiger partial charge in [0.15, 0.2) is 0 Å². The van der Waals surface area contributed by atoms with Gasteiger partial charge in [-0.3, -0.25) is 0 Å². The number of benzene rings is 1. The molecule has 2 atom stereocenters. The van der Waals surface area contributed by atoms with Crippen molar-refractivity contribution in [2.75, 3.05) is 13.2 Å². The zero-order valence-corrected chi connectivity index (χ0v) is 9.61. The van der Waals surface area contributed by atoms with E-state index in [2.05, 4.69) is 43.4 Å². The van der Waals surface area contributed by atoms with E-state index >= 15 is 0 Å². The van der Waals surface area contributed by atoms with Crippen LogP contribution in [0.3, 0.4) is 0 Å². The molecule has 1 unspecified atom stereocenters. The van der Waals surface area contributed by atoms with Gasteiger partial charge in [-0.15, -0.1) is 0 Å². The van der Waals surface area contributed by atoms with E-state index in [9.17, 15) is 0 Å². The van der Waals surface area contributed by atoms with Crippen molar-refractivity contribution in [2.45, 2.75) is 32.2 Å². The summed E-state index contributed by atoms with van der Waals surface area (Å²) in [6.07, 6.45) is 0.970. The lowest BCUT2D eigenvalue weighted by Crippen LogP contribution is -2.34. The number of hydrogen-bond donors (Lipinski definition) is 2. The number of aliphatic hydroxyl groups is 1. The lowest BCUT2D eigenvalue weighted by atomic mass is 10.0. The highest BCUT2D eigenvalue weighted by molar-refractivity contribution is 5.18. The van der Waals surface area contributed by atoms with Crippen molar-refractivity contribution in [1.29, 1.82) is 0 Å². The smallest absolute Gasteiger partial charge is 0.0584 e. The zero-order chi connectivity index (χ0) is 11.1. The first-order chi connectivity index (χ1) is 7.27. The fraction of sp³-hybridized carbons (Fsp3) is 0.538. The number of aliphatic hydroxyl groups excluding tert-OH is 1. The highest BCUT2D eigenvalue weighted by atomic mass is 16.3. The normalized spacial score (nSPS) is 14.9. The molecule has 0 aliphatic heterocycles. The standard InChI is InChI=1S/C13H21NO/c1-3-13(10-15)14-9-11(2)12-7-5-4-6-8-12/h4-8,11,13-15H,3,9-10H2,1-2H3/t11?,13-/m1/s1. The summed E-state index contributed by atoms with van der Waals surface area (Å²) in [6.45, 7) is 5.43. The average Bonchev–Trinajstić information content (AvgIpc) is 2.31. The van der Waals surface area contributed by atoms with Crippen LogP contribution >= 0.6 is 0 Å². The summed E-state index contributed by atoms with van der Waals surface area (Å²) in [4.78, 5) is 0. The number of nitrogens with one attached hydrogen (secondary N) is 1. The van der Waals surface area contributed by atoms with E-state index in [0.29, 0.717) is 5.92 Å². The predicted octanol–water partition coefficient (Wildman–Crippen LogP) is 2.15. The summed E-state index contributed by atoms with van der Waals surface area (Å²) in [5.41, 5.74) is 1.35. The highest BCUT2D eigenvalue weighted by Crippen LogP contribution is 2.13. The molecule has 1 aromatic carbocycles. The molecule has 15 heavy (non-hydrogen) atoms. The minimum atomic E-state index is 0.220. The van der Waals surface area contributed by atoms with Crippen molar-refractivity contribution in [3.63, 3.8) is 0 Å². The Labute approximate surface area is 92.3 Å². The van der Waals surface area contributed by atoms with Crippen LogP contribution in [0.1, 0.15) is 31.7 Å². The first-order valence-corrected chi connectivity index (χ1v) is 5.67. The molecule has 0 aliphatic rings. The highest BCUT2D eigenvalue weighted by Gasteiger charge is 2.08. The topological polar surface area (TPSA) is 32.3 Å². The lowest BCUT2D eigenvalue weighted by molar-refractivity contribution is 0.238. The van der Waals surface area contributed by atoms with Crippen LogP contribution in [0.2, 0.25) is 0 Å². The van der Waals surface area contributed by atoms with Crippen LogP contribution in [0.5, 0.6) is 0 Å². The Balaban J connectivity index is 2.39. The van der Waals surface area contributed by atoms with Crippen molar-refractivity contribution < 1.29 is 5.11 Å². The Morgan fingerprint density at radius 3 is 2.47 bits per heavy atom. The SMILES string of the molecule is CC[C@H](CO)NCC(C)c1ccccc1. The number of rotatable bonds is 6. The van der Waals surface area contributed by atoms with Crippen LogP contribution in [-0.2, 0) is 0 Å². The molecule has 2 nitrogen and oxygen atoms in total. The summed E-state index contributed by atoms with van der Waals surface area (Å²) in [6, 6.07) is 10.7. The molecule has 0 aromatic heterocycles. The third-order valence-electron chi connectivity index (χ3n) is 2.79. The van der Waals surface area contributed by atoms with Gasteiger partial charge in [-0.25, -0.2) is 0 Å². The lowest BCUT2D eigenvalue weighted by Gasteiger charge is -2.18. The van der Waals surface area contributed by atoms with Crippen LogP contribution in [0.4, 0.5) is 0 Å². The summed E-state index contributed by atoms with van der Waals surface area (Å²) in [5, 5.41) is 12.4. The molecule has 84 valence electrons. The van der Waals surface area contributed by atoms with E-state index in [1.165, 1.54) is 5.56 Å². The molecule has 0 spiro atoms. The molecule has 1 rings (SSSR count). The molecular formula is C13H21NO. The Bertz CT molecular complexity index is 256. The minimum absolute atomic E-state index is 0.220. The maximum absolute atomic E-state index is 9.05. The fourth-order valence-corrected chi connectivity index (χ4v) is 1.58. The van der Waals surface area contributed by atoms with Gasteiger partial charge in [0, 0.05) is 12.6 Å². The van der Waals surface area contributed by atoms with E-state index in [-0.39, 0.29) is 12.6 Å². The Morgan fingerprint density at radius 2 is 1.93 bits per heavy atom. The van der Waals surface area contributed by atoms with Crippen molar-refractivity contribution in [1.82, 2.24) is 5.32 Å². The first-order valence-electron chi connectivity index (χ1n) is 5.67. The zero-order valence-electron chi connectivity index (χ0n) is 9.61. The molecule has 1 aromatic rings. The predicted molar refractivity (Wildman–Crippen MR) is 64.0 cm³/mol. The molecule has 0 saturated carbocycles. The van der Waals surface area contributed by atoms with Gasteiger partial charge < -0.3 is 10.4 Å². The summed E-state index contributed by atoms with van der Waals surface area (Å²) >= 11 is 0. The van der Waals surface area contributed by atoms with E-state index in [1.807, 2.05) is 6.07 Å². The molecule has 2 heteroatoms. The van der Waals surface area contributed by atoms with Crippen molar-refractivity contribution in [3.8, 4) is 0 Å². The van der Waals surface area contributed by atoms with E-state index in [1.54, 1.807) is 0 Å². The van der Waals surface area contributed by atoms with Crippen LogP contribution < -0.4 is 5.32 Å². The van der Waals surface area contributed by atoms with Crippen molar-refractivity contribution in [3.05, 3.63) is 35.9 Å². The molecule has 0 heterocycles. The maximum atomic E-state index is 9.05. The molecule has 2 N–H and O–H groups in total. The largest absolute Gasteiger partial charge is 0.395 e. The Kier molecular flexibility index (Phi) is 5.37. The molecule has 0 bridgehead atoms. The summed E-state index contributed by atoms with van der Waals surface area (Å²) in [7, 11) is 0. The van der Waals surface area contributed by atoms with Gasteiger partial charge in [0.2, 0.25) is 0 Å². The van der Waals surface area contributed by atoms with Crippen LogP contribution in [0, 0.1) is 0 Å². The van der Waals surface area contributed by atoms with Crippen LogP contribution in [0.15, 0.2) is 30.3 Å². The van der Waals surface area contributed by atoms with Gasteiger partial charge in [-0.1, -0.05) is 44.2 Å². The second-order valence-corrected chi connectivity index (χ2v) is 4.01. The third-order valence-corrected chi connectivity index (χ3v) is 2.79. The van der Waals surface area contributed by atoms with E-state index < -0.39 is 0 Å². The van der Waals surface area contributed by atoms with Gasteiger partial charge in [0.1, 0.15) is 0 Å². The number of hydrogen-bond acceptors (Lipinski definition) is 2. The quantitative estimate of drug-likeness (QED) is 0.749. The van der Waals surface area contributed by atoms with Gasteiger partial charge in [0.05, 0.1) is 6.61 Å². The molecule has 0 aliphatic carbocycles. The molecule has 0 amide bonds. The van der Waals surface area contributed by atoms with Gasteiger partial charge in [-0.2, -0.15) is 0 Å². The minimum Gasteiger partial charge on any atom is -0.395 e.